The number of nitrogens with one attached hydrogen (secondary N) is 3. The van der Waals surface area contributed by atoms with Crippen molar-refractivity contribution < 1.29 is 24.0 Å². The Kier molecular flexibility index (Phi) is 7.69. The molecule has 3 N–H and O–H groups in total. The number of benzene rings is 2. The Morgan fingerprint density at radius 2 is 1.86 bits per heavy atom. The Morgan fingerprint density at radius 3 is 2.52 bits per heavy atom. The second kappa shape index (κ2) is 10.2. The zero-order chi connectivity index (χ0) is 21.4. The highest BCUT2D eigenvalue weighted by molar-refractivity contribution is 7.80. The number of nitro groups is 1. The van der Waals surface area contributed by atoms with Gasteiger partial charge in [-0.2, -0.15) is 0 Å². The van der Waals surface area contributed by atoms with Crippen molar-refractivity contribution in [3.05, 3.63) is 63.2 Å². The second-order valence-electron chi connectivity index (χ2n) is 5.32. The maximum atomic E-state index is 12.1. The monoisotopic (exact) mass is 438 g/mol. The number of hydrogen-bond acceptors (Lipinski definition) is 7. The number of nitrogens with zero attached hydrogens (tertiary/aromatic N) is 1. The van der Waals surface area contributed by atoms with E-state index in [2.05, 4.69) is 16.2 Å². The number of nitro benzene ring substituents is 1. The van der Waals surface area contributed by atoms with Crippen molar-refractivity contribution in [3.63, 3.8) is 0 Å². The molecule has 0 bridgehead atoms. The van der Waals surface area contributed by atoms with E-state index in [9.17, 15) is 19.7 Å². The summed E-state index contributed by atoms with van der Waals surface area (Å²) in [4.78, 5) is 34.1. The van der Waals surface area contributed by atoms with Crippen LogP contribution in [0.25, 0.3) is 0 Å². The van der Waals surface area contributed by atoms with E-state index in [1.165, 1.54) is 19.2 Å². The first-order chi connectivity index (χ1) is 13.8. The first kappa shape index (κ1) is 21.9. The van der Waals surface area contributed by atoms with Crippen LogP contribution >= 0.6 is 23.8 Å². The van der Waals surface area contributed by atoms with Crippen molar-refractivity contribution in [2.45, 2.75) is 0 Å². The van der Waals surface area contributed by atoms with Gasteiger partial charge in [-0.25, -0.2) is 0 Å². The standard InChI is InChI=1S/C17H15ClN4O6S/c1-27-13-4-2-3-5-14(13)28-9-15(23)20-21-17(29)19-16(24)10-6-7-11(18)12(8-10)22(25)26/h2-8H,9H2,1H3,(H,20,23)(H2,19,21,24,29). The van der Waals surface area contributed by atoms with Crippen LogP contribution < -0.4 is 25.6 Å². The molecule has 0 aromatic heterocycles. The van der Waals surface area contributed by atoms with E-state index in [1.54, 1.807) is 24.3 Å². The van der Waals surface area contributed by atoms with Crippen molar-refractivity contribution in [3.8, 4) is 11.5 Å². The van der Waals surface area contributed by atoms with Gasteiger partial charge in [0.05, 0.1) is 12.0 Å². The van der Waals surface area contributed by atoms with E-state index >= 15 is 0 Å². The summed E-state index contributed by atoms with van der Waals surface area (Å²) in [5.74, 6) is -0.449. The van der Waals surface area contributed by atoms with Crippen LogP contribution in [0.3, 0.4) is 0 Å². The number of thiocarbonyl (C=S) groups is 1. The van der Waals surface area contributed by atoms with Gasteiger partial charge in [0.25, 0.3) is 17.5 Å². The number of halogens is 1. The van der Waals surface area contributed by atoms with Gasteiger partial charge in [0.1, 0.15) is 5.02 Å². The number of methoxy groups -OCH3 is 1. The van der Waals surface area contributed by atoms with Crippen molar-refractivity contribution >= 4 is 46.4 Å². The molecule has 152 valence electrons. The lowest BCUT2D eigenvalue weighted by Crippen LogP contribution is -2.49. The van der Waals surface area contributed by atoms with Crippen LogP contribution in [0.4, 0.5) is 5.69 Å². The topological polar surface area (TPSA) is 132 Å². The van der Waals surface area contributed by atoms with Crippen LogP contribution in [0.1, 0.15) is 10.4 Å². The number of carbonyl (C=O) groups is 2. The largest absolute Gasteiger partial charge is 0.493 e. The third-order valence-corrected chi connectivity index (χ3v) is 3.90. The molecule has 2 aromatic carbocycles. The number of carbonyl (C=O) groups excluding carboxylic acids is 2. The zero-order valence-corrected chi connectivity index (χ0v) is 16.5. The second-order valence-corrected chi connectivity index (χ2v) is 6.13. The average molecular weight is 439 g/mol. The third kappa shape index (κ3) is 6.30. The first-order valence-corrected chi connectivity index (χ1v) is 8.70. The molecular formula is C17H15ClN4O6S. The van der Waals surface area contributed by atoms with Gasteiger partial charge in [-0.05, 0) is 36.5 Å². The molecule has 0 radical (unpaired) electrons. The minimum atomic E-state index is -0.721. The van der Waals surface area contributed by atoms with Gasteiger partial charge in [-0.15, -0.1) is 0 Å². The zero-order valence-electron chi connectivity index (χ0n) is 14.9. The van der Waals surface area contributed by atoms with E-state index < -0.39 is 22.4 Å². The van der Waals surface area contributed by atoms with Gasteiger partial charge >= 0.3 is 0 Å². The molecular weight excluding hydrogens is 424 g/mol. The molecule has 2 amide bonds. The predicted molar refractivity (Wildman–Crippen MR) is 108 cm³/mol. The van der Waals surface area contributed by atoms with Crippen molar-refractivity contribution in [1.82, 2.24) is 16.2 Å². The number of rotatable bonds is 6. The normalized spacial score (nSPS) is 9.86. The van der Waals surface area contributed by atoms with Gasteiger partial charge in [0, 0.05) is 11.6 Å². The van der Waals surface area contributed by atoms with Crippen LogP contribution in [0, 0.1) is 10.1 Å². The lowest BCUT2D eigenvalue weighted by Gasteiger charge is -2.12. The average Bonchev–Trinajstić information content (AvgIpc) is 2.70. The van der Waals surface area contributed by atoms with Crippen molar-refractivity contribution in [2.24, 2.45) is 0 Å². The molecule has 2 aromatic rings. The summed E-state index contributed by atoms with van der Waals surface area (Å²) in [6, 6.07) is 10.3. The van der Waals surface area contributed by atoms with E-state index in [0.29, 0.717) is 11.5 Å². The lowest BCUT2D eigenvalue weighted by atomic mass is 10.2. The number of ether oxygens (including phenoxy) is 2. The molecule has 29 heavy (non-hydrogen) atoms. The summed E-state index contributed by atoms with van der Waals surface area (Å²) in [6.45, 7) is -0.340. The highest BCUT2D eigenvalue weighted by atomic mass is 35.5. The van der Waals surface area contributed by atoms with Gasteiger partial charge in [-0.3, -0.25) is 35.9 Å². The molecule has 0 saturated heterocycles. The van der Waals surface area contributed by atoms with Crippen molar-refractivity contribution in [1.29, 1.82) is 0 Å². The van der Waals surface area contributed by atoms with Crippen molar-refractivity contribution in [2.75, 3.05) is 13.7 Å². The summed E-state index contributed by atoms with van der Waals surface area (Å²) >= 11 is 10.6. The SMILES string of the molecule is COc1ccccc1OCC(=O)NNC(=S)NC(=O)c1ccc(Cl)c([N+](=O)[O-])c1. The minimum Gasteiger partial charge on any atom is -0.493 e. The number of para-hydroxylation sites is 2. The maximum absolute atomic E-state index is 12.1. The quantitative estimate of drug-likeness (QED) is 0.354. The summed E-state index contributed by atoms with van der Waals surface area (Å²) in [7, 11) is 1.47. The number of hydrazine groups is 1. The van der Waals surface area contributed by atoms with Crippen LogP contribution in [-0.4, -0.2) is 35.6 Å². The lowest BCUT2D eigenvalue weighted by molar-refractivity contribution is -0.384. The summed E-state index contributed by atoms with van der Waals surface area (Å²) < 4.78 is 10.4. The van der Waals surface area contributed by atoms with E-state index in [0.717, 1.165) is 6.07 Å². The molecule has 0 heterocycles. The molecule has 0 aliphatic heterocycles. The van der Waals surface area contributed by atoms with E-state index in [1.807, 2.05) is 0 Å². The molecule has 0 spiro atoms. The fourth-order valence-electron chi connectivity index (χ4n) is 2.04. The molecule has 0 atom stereocenters. The highest BCUT2D eigenvalue weighted by Crippen LogP contribution is 2.26. The molecule has 10 nitrogen and oxygen atoms in total. The maximum Gasteiger partial charge on any atom is 0.288 e. The van der Waals surface area contributed by atoms with Gasteiger partial charge in [0.2, 0.25) is 0 Å². The van der Waals surface area contributed by atoms with Crippen LogP contribution in [0.5, 0.6) is 11.5 Å². The Morgan fingerprint density at radius 1 is 1.17 bits per heavy atom. The fraction of sp³-hybridized carbons (Fsp3) is 0.118. The Labute approximate surface area is 175 Å². The minimum absolute atomic E-state index is 0.0314. The van der Waals surface area contributed by atoms with Crippen LogP contribution in [-0.2, 0) is 4.79 Å². The third-order valence-electron chi connectivity index (χ3n) is 3.38. The number of amides is 2. The van der Waals surface area contributed by atoms with Gasteiger partial charge in [-0.1, -0.05) is 23.7 Å². The Balaban J connectivity index is 1.83. The molecule has 0 aliphatic carbocycles. The van der Waals surface area contributed by atoms with E-state index in [-0.39, 0.29) is 22.3 Å². The van der Waals surface area contributed by atoms with Crippen LogP contribution in [0.15, 0.2) is 42.5 Å². The Hall–Kier alpha value is -3.44. The van der Waals surface area contributed by atoms with E-state index in [4.69, 9.17) is 33.3 Å². The molecule has 0 aliphatic rings. The van der Waals surface area contributed by atoms with Crippen LogP contribution in [0.2, 0.25) is 5.02 Å². The molecule has 2 rings (SSSR count). The highest BCUT2D eigenvalue weighted by Gasteiger charge is 2.17. The summed E-state index contributed by atoms with van der Waals surface area (Å²) in [6.07, 6.45) is 0. The van der Waals surface area contributed by atoms with Gasteiger partial charge in [0.15, 0.2) is 23.2 Å². The fourth-order valence-corrected chi connectivity index (χ4v) is 2.37. The summed E-state index contributed by atoms with van der Waals surface area (Å²) in [5.41, 5.74) is 4.12. The number of hydrogen-bond donors (Lipinski definition) is 3. The molecule has 12 heteroatoms. The summed E-state index contributed by atoms with van der Waals surface area (Å²) in [5, 5.41) is 12.8. The van der Waals surface area contributed by atoms with Gasteiger partial charge < -0.3 is 9.47 Å². The smallest absolute Gasteiger partial charge is 0.288 e. The predicted octanol–water partition coefficient (Wildman–Crippen LogP) is 1.97. The molecule has 0 unspecified atom stereocenters. The Bertz CT molecular complexity index is 955. The first-order valence-electron chi connectivity index (χ1n) is 7.91. The molecule has 0 saturated carbocycles. The molecule has 0 fully saturated rings.